The van der Waals surface area contributed by atoms with Gasteiger partial charge in [-0.3, -0.25) is 0 Å². The van der Waals surface area contributed by atoms with Crippen LogP contribution in [0.25, 0.3) is 0 Å². The number of aromatic carboxylic acids is 1. The minimum absolute atomic E-state index is 0.0771. The third-order valence-corrected chi connectivity index (χ3v) is 4.12. The second-order valence-electron chi connectivity index (χ2n) is 4.03. The number of hydrogen-bond acceptors (Lipinski definition) is 3. The Bertz CT molecular complexity index is 772. The lowest BCUT2D eigenvalue weighted by Crippen LogP contribution is -2.00. The van der Waals surface area contributed by atoms with Gasteiger partial charge in [0.2, 0.25) is 0 Å². The number of rotatable bonds is 3. The highest BCUT2D eigenvalue weighted by Crippen LogP contribution is 2.32. The molecule has 0 amide bonds. The number of carboxylic acids is 1. The highest BCUT2D eigenvalue weighted by Gasteiger charge is 2.13. The van der Waals surface area contributed by atoms with Crippen LogP contribution in [0.1, 0.15) is 15.9 Å². The Balaban J connectivity index is 2.37. The summed E-state index contributed by atoms with van der Waals surface area (Å²) in [6.07, 6.45) is 0. The molecule has 21 heavy (non-hydrogen) atoms. The summed E-state index contributed by atoms with van der Waals surface area (Å²) < 4.78 is 14.7. The molecule has 2 aromatic carbocycles. The molecule has 0 aliphatic carbocycles. The van der Waals surface area contributed by atoms with Crippen LogP contribution in [0.5, 0.6) is 0 Å². The van der Waals surface area contributed by atoms with Crippen molar-refractivity contribution in [1.29, 1.82) is 5.26 Å². The van der Waals surface area contributed by atoms with Gasteiger partial charge in [-0.1, -0.05) is 0 Å². The minimum atomic E-state index is -1.05. The summed E-state index contributed by atoms with van der Waals surface area (Å²) in [5, 5.41) is 20.6. The summed E-state index contributed by atoms with van der Waals surface area (Å²) in [6, 6.07) is 9.14. The smallest absolute Gasteiger partial charge is 0.335 e. The molecule has 0 radical (unpaired) electrons. The van der Waals surface area contributed by atoms with E-state index in [0.717, 1.165) is 0 Å². The standard InChI is InChI=1S/C14H7Br2FN2O2/c15-9-5-7(14(20)21)1-3-10(9)19-11-4-2-8(6-18)12(16)13(11)17/h1-5,19H,(H,20,21). The van der Waals surface area contributed by atoms with E-state index in [1.54, 1.807) is 0 Å². The summed E-state index contributed by atoms with van der Waals surface area (Å²) in [6.45, 7) is 0. The van der Waals surface area contributed by atoms with E-state index in [2.05, 4.69) is 37.2 Å². The van der Waals surface area contributed by atoms with Gasteiger partial charge in [-0.25, -0.2) is 9.18 Å². The minimum Gasteiger partial charge on any atom is -0.478 e. The number of carbonyl (C=O) groups is 1. The van der Waals surface area contributed by atoms with Crippen LogP contribution in [0.15, 0.2) is 39.3 Å². The molecule has 0 bridgehead atoms. The van der Waals surface area contributed by atoms with Gasteiger partial charge in [0.25, 0.3) is 0 Å². The maximum absolute atomic E-state index is 14.1. The molecule has 0 aliphatic rings. The Hall–Kier alpha value is -1.91. The highest BCUT2D eigenvalue weighted by atomic mass is 79.9. The predicted molar refractivity (Wildman–Crippen MR) is 83.2 cm³/mol. The fourth-order valence-electron chi connectivity index (χ4n) is 1.63. The van der Waals surface area contributed by atoms with Gasteiger partial charge in [-0.2, -0.15) is 5.26 Å². The van der Waals surface area contributed by atoms with E-state index in [1.807, 2.05) is 6.07 Å². The first-order valence-electron chi connectivity index (χ1n) is 5.62. The fraction of sp³-hybridized carbons (Fsp3) is 0. The topological polar surface area (TPSA) is 73.1 Å². The molecule has 0 aromatic heterocycles. The molecule has 0 unspecified atom stereocenters. The van der Waals surface area contributed by atoms with E-state index >= 15 is 0 Å². The first-order valence-corrected chi connectivity index (χ1v) is 7.20. The SMILES string of the molecule is N#Cc1ccc(Nc2ccc(C(=O)O)cc2Br)c(F)c1Br. The van der Waals surface area contributed by atoms with Crippen molar-refractivity contribution in [2.45, 2.75) is 0 Å². The Labute approximate surface area is 136 Å². The molecular weight excluding hydrogens is 407 g/mol. The van der Waals surface area contributed by atoms with Gasteiger partial charge in [0.05, 0.1) is 27.0 Å². The Morgan fingerprint density at radius 2 is 1.90 bits per heavy atom. The highest BCUT2D eigenvalue weighted by molar-refractivity contribution is 9.11. The van der Waals surface area contributed by atoms with Crippen LogP contribution in [0.3, 0.4) is 0 Å². The third kappa shape index (κ3) is 3.23. The van der Waals surface area contributed by atoms with Gasteiger partial charge in [-0.15, -0.1) is 0 Å². The van der Waals surface area contributed by atoms with Crippen LogP contribution < -0.4 is 5.32 Å². The molecule has 7 heteroatoms. The summed E-state index contributed by atoms with van der Waals surface area (Å²) >= 11 is 6.26. The number of benzene rings is 2. The summed E-state index contributed by atoms with van der Waals surface area (Å²) in [7, 11) is 0. The quantitative estimate of drug-likeness (QED) is 0.767. The average molecular weight is 414 g/mol. The van der Waals surface area contributed by atoms with Crippen LogP contribution in [0.2, 0.25) is 0 Å². The zero-order valence-corrected chi connectivity index (χ0v) is 13.5. The van der Waals surface area contributed by atoms with Crippen LogP contribution in [0.4, 0.5) is 15.8 Å². The Kier molecular flexibility index (Phi) is 4.60. The van der Waals surface area contributed by atoms with Gasteiger partial charge in [-0.05, 0) is 62.2 Å². The van der Waals surface area contributed by atoms with E-state index < -0.39 is 11.8 Å². The van der Waals surface area contributed by atoms with Crippen molar-refractivity contribution in [1.82, 2.24) is 0 Å². The Morgan fingerprint density at radius 3 is 2.48 bits per heavy atom. The Morgan fingerprint density at radius 1 is 1.24 bits per heavy atom. The molecule has 0 saturated heterocycles. The number of nitrogens with one attached hydrogen (secondary N) is 1. The van der Waals surface area contributed by atoms with E-state index in [4.69, 9.17) is 10.4 Å². The van der Waals surface area contributed by atoms with Crippen molar-refractivity contribution in [3.63, 3.8) is 0 Å². The molecule has 0 aliphatic heterocycles. The van der Waals surface area contributed by atoms with E-state index in [9.17, 15) is 9.18 Å². The zero-order chi connectivity index (χ0) is 15.6. The molecule has 0 heterocycles. The maximum atomic E-state index is 14.1. The molecule has 0 saturated carbocycles. The largest absolute Gasteiger partial charge is 0.478 e. The molecule has 0 fully saturated rings. The average Bonchev–Trinajstić information content (AvgIpc) is 2.45. The molecule has 2 aromatic rings. The molecule has 2 N–H and O–H groups in total. The van der Waals surface area contributed by atoms with Crippen molar-refractivity contribution >= 4 is 49.2 Å². The number of carboxylic acid groups (broad SMARTS) is 1. The van der Waals surface area contributed by atoms with Crippen molar-refractivity contribution in [3.05, 3.63) is 56.2 Å². The molecule has 4 nitrogen and oxygen atoms in total. The normalized spacial score (nSPS) is 10.0. The lowest BCUT2D eigenvalue weighted by molar-refractivity contribution is 0.0697. The van der Waals surface area contributed by atoms with Crippen molar-refractivity contribution in [2.75, 3.05) is 5.32 Å². The number of nitriles is 1. The van der Waals surface area contributed by atoms with Crippen molar-refractivity contribution < 1.29 is 14.3 Å². The number of nitrogens with zero attached hydrogens (tertiary/aromatic N) is 1. The van der Waals surface area contributed by atoms with Crippen LogP contribution in [-0.4, -0.2) is 11.1 Å². The second kappa shape index (κ2) is 6.24. The molecule has 2 rings (SSSR count). The summed E-state index contributed by atoms with van der Waals surface area (Å²) in [5.74, 6) is -1.64. The lowest BCUT2D eigenvalue weighted by Gasteiger charge is -2.11. The van der Waals surface area contributed by atoms with Gasteiger partial charge in [0.15, 0.2) is 5.82 Å². The summed E-state index contributed by atoms with van der Waals surface area (Å²) in [4.78, 5) is 10.9. The second-order valence-corrected chi connectivity index (χ2v) is 5.67. The van der Waals surface area contributed by atoms with Gasteiger partial charge in [0, 0.05) is 4.47 Å². The molecule has 106 valence electrons. The van der Waals surface area contributed by atoms with E-state index in [-0.39, 0.29) is 21.3 Å². The van der Waals surface area contributed by atoms with Gasteiger partial charge >= 0.3 is 5.97 Å². The number of hydrogen-bond donors (Lipinski definition) is 2. The van der Waals surface area contributed by atoms with Crippen LogP contribution in [-0.2, 0) is 0 Å². The van der Waals surface area contributed by atoms with Crippen molar-refractivity contribution in [2.24, 2.45) is 0 Å². The first-order chi connectivity index (χ1) is 9.93. The van der Waals surface area contributed by atoms with E-state index in [0.29, 0.717) is 10.2 Å². The number of halogens is 3. The predicted octanol–water partition coefficient (Wildman–Crippen LogP) is 4.66. The van der Waals surface area contributed by atoms with Crippen molar-refractivity contribution in [3.8, 4) is 6.07 Å². The fourth-order valence-corrected chi connectivity index (χ4v) is 2.54. The number of anilines is 2. The van der Waals surface area contributed by atoms with Crippen LogP contribution in [0, 0.1) is 17.1 Å². The van der Waals surface area contributed by atoms with Gasteiger partial charge < -0.3 is 10.4 Å². The lowest BCUT2D eigenvalue weighted by atomic mass is 10.2. The molecular formula is C14H7Br2FN2O2. The van der Waals surface area contributed by atoms with E-state index in [1.165, 1.54) is 30.3 Å². The maximum Gasteiger partial charge on any atom is 0.335 e. The monoisotopic (exact) mass is 412 g/mol. The zero-order valence-electron chi connectivity index (χ0n) is 10.3. The van der Waals surface area contributed by atoms with Crippen LogP contribution >= 0.6 is 31.9 Å². The third-order valence-electron chi connectivity index (χ3n) is 2.69. The summed E-state index contributed by atoms with van der Waals surface area (Å²) in [5.41, 5.74) is 0.993. The molecule has 0 atom stereocenters. The molecule has 0 spiro atoms. The first kappa shape index (κ1) is 15.5. The van der Waals surface area contributed by atoms with Gasteiger partial charge in [0.1, 0.15) is 6.07 Å².